The normalized spacial score (nSPS) is 11.7. The summed E-state index contributed by atoms with van der Waals surface area (Å²) >= 11 is 0. The van der Waals surface area contributed by atoms with E-state index in [0.29, 0.717) is 11.5 Å². The van der Waals surface area contributed by atoms with Gasteiger partial charge in [-0.25, -0.2) is 19.4 Å². The van der Waals surface area contributed by atoms with Crippen molar-refractivity contribution in [2.75, 3.05) is 11.9 Å². The van der Waals surface area contributed by atoms with Crippen LogP contribution in [-0.4, -0.2) is 44.3 Å². The molecule has 0 saturated heterocycles. The Bertz CT molecular complexity index is 628. The van der Waals surface area contributed by atoms with Crippen LogP contribution >= 0.6 is 0 Å². The number of nitrogens with two attached hydrogens (primary N) is 1. The number of carbonyl (C=O) groups excluding carboxylic acids is 2. The van der Waals surface area contributed by atoms with E-state index in [1.165, 1.54) is 23.5 Å². The number of hydrogen-bond acceptors (Lipinski definition) is 7. The summed E-state index contributed by atoms with van der Waals surface area (Å²) in [5.74, 6) is -1.12. The average Bonchev–Trinajstić information content (AvgIpc) is 3.01. The molecule has 0 radical (unpaired) electrons. The highest BCUT2D eigenvalue weighted by molar-refractivity contribution is 6.08. The number of nitrogens with one attached hydrogen (secondary N) is 1. The Hall–Kier alpha value is -2.81. The fourth-order valence-electron chi connectivity index (χ4n) is 1.54. The molecule has 1 amide bonds. The van der Waals surface area contributed by atoms with E-state index in [4.69, 9.17) is 10.5 Å². The van der Waals surface area contributed by atoms with E-state index >= 15 is 0 Å². The second-order valence-electron chi connectivity index (χ2n) is 3.93. The first-order valence-electron chi connectivity index (χ1n) is 6.16. The van der Waals surface area contributed by atoms with Crippen LogP contribution in [0.15, 0.2) is 31.0 Å². The van der Waals surface area contributed by atoms with Crippen LogP contribution in [0.25, 0.3) is 5.82 Å². The smallest absolute Gasteiger partial charge is 0.332 e. The molecule has 2 rings (SSSR count). The molecule has 0 aromatic carbocycles. The first-order valence-corrected chi connectivity index (χ1v) is 6.16. The van der Waals surface area contributed by atoms with Gasteiger partial charge in [0, 0.05) is 6.20 Å². The molecule has 0 fully saturated rings. The van der Waals surface area contributed by atoms with Crippen molar-refractivity contribution in [3.63, 3.8) is 0 Å². The molecule has 2 heterocycles. The first kappa shape index (κ1) is 14.6. The molecule has 9 heteroatoms. The largest absolute Gasteiger partial charge is 0.464 e. The van der Waals surface area contributed by atoms with Gasteiger partial charge in [0.05, 0.1) is 12.3 Å². The fraction of sp³-hybridized carbons (Fsp3) is 0.250. The lowest BCUT2D eigenvalue weighted by Gasteiger charge is -2.13. The van der Waals surface area contributed by atoms with Crippen LogP contribution in [0.4, 0.5) is 5.69 Å². The van der Waals surface area contributed by atoms with E-state index in [0.717, 1.165) is 0 Å². The summed E-state index contributed by atoms with van der Waals surface area (Å²) in [6, 6.07) is 1.83. The maximum Gasteiger partial charge on any atom is 0.332 e. The van der Waals surface area contributed by atoms with Crippen LogP contribution in [-0.2, 0) is 14.3 Å². The molecule has 0 bridgehead atoms. The zero-order chi connectivity index (χ0) is 15.2. The minimum Gasteiger partial charge on any atom is -0.464 e. The number of rotatable bonds is 5. The molecule has 0 saturated carbocycles. The van der Waals surface area contributed by atoms with Crippen molar-refractivity contribution in [2.45, 2.75) is 13.0 Å². The van der Waals surface area contributed by atoms with Gasteiger partial charge in [-0.15, -0.1) is 0 Å². The van der Waals surface area contributed by atoms with Crippen LogP contribution in [0.1, 0.15) is 6.92 Å². The zero-order valence-electron chi connectivity index (χ0n) is 11.3. The number of esters is 1. The van der Waals surface area contributed by atoms with E-state index in [2.05, 4.69) is 20.4 Å². The van der Waals surface area contributed by atoms with Gasteiger partial charge in [-0.05, 0) is 19.1 Å². The van der Waals surface area contributed by atoms with Crippen LogP contribution in [0.5, 0.6) is 0 Å². The molecule has 0 aliphatic heterocycles. The highest BCUT2D eigenvalue weighted by Gasteiger charge is 2.24. The minimum atomic E-state index is -1.41. The van der Waals surface area contributed by atoms with Crippen LogP contribution in [0.2, 0.25) is 0 Å². The van der Waals surface area contributed by atoms with Crippen molar-refractivity contribution in [2.24, 2.45) is 5.73 Å². The topological polar surface area (TPSA) is 125 Å². The Labute approximate surface area is 120 Å². The first-order chi connectivity index (χ1) is 10.1. The lowest BCUT2D eigenvalue weighted by atomic mass is 10.2. The van der Waals surface area contributed by atoms with Gasteiger partial charge in [0.2, 0.25) is 0 Å². The summed E-state index contributed by atoms with van der Waals surface area (Å²) in [5.41, 5.74) is 5.88. The molecular weight excluding hydrogens is 276 g/mol. The van der Waals surface area contributed by atoms with Crippen LogP contribution < -0.4 is 11.1 Å². The quantitative estimate of drug-likeness (QED) is 0.561. The molecular formula is C12H14N6O3. The maximum atomic E-state index is 11.9. The van der Waals surface area contributed by atoms with Gasteiger partial charge >= 0.3 is 5.97 Å². The molecule has 1 unspecified atom stereocenters. The van der Waals surface area contributed by atoms with Gasteiger partial charge < -0.3 is 15.8 Å². The number of anilines is 1. The Morgan fingerprint density at radius 2 is 2.33 bits per heavy atom. The molecule has 3 N–H and O–H groups in total. The Morgan fingerprint density at radius 3 is 3.00 bits per heavy atom. The molecule has 0 aliphatic rings. The highest BCUT2D eigenvalue weighted by Crippen LogP contribution is 2.15. The average molecular weight is 290 g/mol. The second kappa shape index (κ2) is 6.57. The third-order valence-corrected chi connectivity index (χ3v) is 2.50. The molecule has 9 nitrogen and oxygen atoms in total. The monoisotopic (exact) mass is 290 g/mol. The minimum absolute atomic E-state index is 0.150. The van der Waals surface area contributed by atoms with Crippen LogP contribution in [0, 0.1) is 0 Å². The van der Waals surface area contributed by atoms with Gasteiger partial charge in [-0.3, -0.25) is 4.79 Å². The van der Waals surface area contributed by atoms with E-state index in [9.17, 15) is 9.59 Å². The van der Waals surface area contributed by atoms with Gasteiger partial charge in [0.25, 0.3) is 5.91 Å². The van der Waals surface area contributed by atoms with Gasteiger partial charge in [-0.2, -0.15) is 5.10 Å². The van der Waals surface area contributed by atoms with E-state index in [-0.39, 0.29) is 6.61 Å². The number of hydrogen-bond donors (Lipinski definition) is 2. The lowest BCUT2D eigenvalue weighted by Crippen LogP contribution is -2.43. The molecule has 2 aromatic heterocycles. The second-order valence-corrected chi connectivity index (χ2v) is 3.93. The van der Waals surface area contributed by atoms with Crippen molar-refractivity contribution in [1.82, 2.24) is 19.7 Å². The van der Waals surface area contributed by atoms with Crippen molar-refractivity contribution in [3.8, 4) is 5.82 Å². The van der Waals surface area contributed by atoms with E-state index in [1.807, 2.05) is 0 Å². The molecule has 110 valence electrons. The fourth-order valence-corrected chi connectivity index (χ4v) is 1.54. The summed E-state index contributed by atoms with van der Waals surface area (Å²) < 4.78 is 6.08. The van der Waals surface area contributed by atoms with Crippen molar-refractivity contribution in [3.05, 3.63) is 31.0 Å². The van der Waals surface area contributed by atoms with Gasteiger partial charge in [0.15, 0.2) is 11.9 Å². The third-order valence-electron chi connectivity index (χ3n) is 2.50. The van der Waals surface area contributed by atoms with Gasteiger partial charge in [0.1, 0.15) is 12.7 Å². The van der Waals surface area contributed by atoms with Crippen molar-refractivity contribution >= 4 is 17.6 Å². The maximum absolute atomic E-state index is 11.9. The van der Waals surface area contributed by atoms with E-state index < -0.39 is 17.9 Å². The molecule has 0 aliphatic carbocycles. The summed E-state index contributed by atoms with van der Waals surface area (Å²) in [7, 11) is 0. The predicted octanol–water partition coefficient (Wildman–Crippen LogP) is -0.509. The summed E-state index contributed by atoms with van der Waals surface area (Å²) in [6.07, 6.45) is 4.31. The zero-order valence-corrected chi connectivity index (χ0v) is 11.3. The Kier molecular flexibility index (Phi) is 4.57. The SMILES string of the molecule is CCOC(=O)C(N)C(=O)Nc1cccnc1-n1cncn1. The highest BCUT2D eigenvalue weighted by atomic mass is 16.5. The number of ether oxygens (including phenoxy) is 1. The summed E-state index contributed by atoms with van der Waals surface area (Å²) in [4.78, 5) is 31.3. The number of aromatic nitrogens is 4. The lowest BCUT2D eigenvalue weighted by molar-refractivity contribution is -0.146. The standard InChI is InChI=1S/C12H14N6O3/c1-2-21-12(20)9(13)11(19)17-8-4-3-5-15-10(8)18-7-14-6-16-18/h3-7,9H,2,13H2,1H3,(H,17,19). The summed E-state index contributed by atoms with van der Waals surface area (Å²) in [6.45, 7) is 1.78. The number of amides is 1. The molecule has 1 atom stereocenters. The number of nitrogens with zero attached hydrogens (tertiary/aromatic N) is 4. The van der Waals surface area contributed by atoms with E-state index in [1.54, 1.807) is 19.1 Å². The third kappa shape index (κ3) is 3.39. The van der Waals surface area contributed by atoms with Crippen molar-refractivity contribution < 1.29 is 14.3 Å². The van der Waals surface area contributed by atoms with Gasteiger partial charge in [-0.1, -0.05) is 0 Å². The van der Waals surface area contributed by atoms with Crippen molar-refractivity contribution in [1.29, 1.82) is 0 Å². The predicted molar refractivity (Wildman–Crippen MR) is 72.4 cm³/mol. The summed E-state index contributed by atoms with van der Waals surface area (Å²) in [5, 5.41) is 6.45. The number of carbonyl (C=O) groups is 2. The number of pyridine rings is 1. The van der Waals surface area contributed by atoms with Crippen LogP contribution in [0.3, 0.4) is 0 Å². The molecule has 21 heavy (non-hydrogen) atoms. The Morgan fingerprint density at radius 1 is 1.52 bits per heavy atom. The Balaban J connectivity index is 2.17. The molecule has 0 spiro atoms. The molecule has 2 aromatic rings.